The van der Waals surface area contributed by atoms with Crippen molar-refractivity contribution in [2.75, 3.05) is 20.2 Å². The van der Waals surface area contributed by atoms with Gasteiger partial charge in [0.05, 0.1) is 11.6 Å². The second kappa shape index (κ2) is 6.46. The van der Waals surface area contributed by atoms with E-state index in [4.69, 9.17) is 10.00 Å². The molecule has 0 bridgehead atoms. The predicted octanol–water partition coefficient (Wildman–Crippen LogP) is 2.42. The van der Waals surface area contributed by atoms with Crippen molar-refractivity contribution in [3.05, 3.63) is 29.8 Å². The fourth-order valence-electron chi connectivity index (χ4n) is 2.51. The van der Waals surface area contributed by atoms with Crippen LogP contribution in [0, 0.1) is 16.7 Å². The van der Waals surface area contributed by atoms with Gasteiger partial charge in [0, 0.05) is 12.6 Å². The molecule has 2 atom stereocenters. The Labute approximate surface area is 127 Å². The highest BCUT2D eigenvalue weighted by molar-refractivity contribution is 5.34. The van der Waals surface area contributed by atoms with Crippen LogP contribution in [0.2, 0.25) is 0 Å². The molecule has 0 heterocycles. The van der Waals surface area contributed by atoms with Crippen LogP contribution in [0.4, 0.5) is 0 Å². The van der Waals surface area contributed by atoms with Gasteiger partial charge in [0.25, 0.3) is 0 Å². The Bertz CT molecular complexity index is 503. The molecule has 1 aliphatic rings. The van der Waals surface area contributed by atoms with Gasteiger partial charge in [-0.15, -0.1) is 0 Å². The minimum absolute atomic E-state index is 0.264. The quantitative estimate of drug-likeness (QED) is 0.837. The molecule has 0 amide bonds. The van der Waals surface area contributed by atoms with Gasteiger partial charge in [-0.3, -0.25) is 0 Å². The Morgan fingerprint density at radius 2 is 2.00 bits per heavy atom. The lowest BCUT2D eigenvalue weighted by Gasteiger charge is -2.31. The van der Waals surface area contributed by atoms with Crippen LogP contribution in [0.25, 0.3) is 0 Å². The van der Waals surface area contributed by atoms with Crippen LogP contribution >= 0.6 is 0 Å². The van der Waals surface area contributed by atoms with Crippen LogP contribution in [-0.4, -0.2) is 42.4 Å². The third-order valence-electron chi connectivity index (χ3n) is 4.63. The predicted molar refractivity (Wildman–Crippen MR) is 82.1 cm³/mol. The van der Waals surface area contributed by atoms with E-state index < -0.39 is 6.10 Å². The van der Waals surface area contributed by atoms with Crippen molar-refractivity contribution in [3.63, 3.8) is 0 Å². The summed E-state index contributed by atoms with van der Waals surface area (Å²) in [5.41, 5.74) is 1.02. The number of nitrogens with zero attached hydrogens (tertiary/aromatic N) is 2. The van der Waals surface area contributed by atoms with Gasteiger partial charge in [0.1, 0.15) is 18.5 Å². The lowest BCUT2D eigenvalue weighted by Crippen LogP contribution is -2.41. The Morgan fingerprint density at radius 1 is 1.38 bits per heavy atom. The number of benzene rings is 1. The molecule has 1 aromatic rings. The highest BCUT2D eigenvalue weighted by atomic mass is 16.5. The lowest BCUT2D eigenvalue weighted by atomic mass is 9.99. The monoisotopic (exact) mass is 288 g/mol. The van der Waals surface area contributed by atoms with Crippen LogP contribution in [0.15, 0.2) is 24.3 Å². The maximum absolute atomic E-state index is 10.1. The first-order valence-electron chi connectivity index (χ1n) is 7.46. The summed E-state index contributed by atoms with van der Waals surface area (Å²) in [6.07, 6.45) is 2.03. The molecule has 21 heavy (non-hydrogen) atoms. The zero-order valence-electron chi connectivity index (χ0n) is 13.0. The molecule has 2 rings (SSSR count). The SMILES string of the molecule is C[C@@H](N(C)C[C@@H](O)COc1ccc(C#N)cc1)C1(C)CC1. The summed E-state index contributed by atoms with van der Waals surface area (Å²) >= 11 is 0. The van der Waals surface area contributed by atoms with Gasteiger partial charge < -0.3 is 14.7 Å². The van der Waals surface area contributed by atoms with Crippen molar-refractivity contribution in [1.82, 2.24) is 4.90 Å². The molecular formula is C17H24N2O2. The molecule has 0 unspecified atom stereocenters. The number of hydrogen-bond donors (Lipinski definition) is 1. The number of rotatable bonds is 7. The molecule has 1 aliphatic carbocycles. The average Bonchev–Trinajstić information content (AvgIpc) is 3.23. The molecule has 1 N–H and O–H groups in total. The largest absolute Gasteiger partial charge is 0.491 e. The topological polar surface area (TPSA) is 56.5 Å². The molecule has 1 aromatic carbocycles. The summed E-state index contributed by atoms with van der Waals surface area (Å²) in [6.45, 7) is 5.39. The Kier molecular flexibility index (Phi) is 4.87. The summed E-state index contributed by atoms with van der Waals surface area (Å²) in [6, 6.07) is 9.47. The molecule has 1 saturated carbocycles. The molecule has 0 spiro atoms. The number of hydrogen-bond acceptors (Lipinski definition) is 4. The fourth-order valence-corrected chi connectivity index (χ4v) is 2.51. The van der Waals surface area contributed by atoms with Crippen molar-refractivity contribution < 1.29 is 9.84 Å². The van der Waals surface area contributed by atoms with E-state index in [1.165, 1.54) is 12.8 Å². The van der Waals surface area contributed by atoms with Crippen LogP contribution in [-0.2, 0) is 0 Å². The van der Waals surface area contributed by atoms with Gasteiger partial charge in [-0.2, -0.15) is 5.26 Å². The Balaban J connectivity index is 1.76. The van der Waals surface area contributed by atoms with Crippen LogP contribution in [0.5, 0.6) is 5.75 Å². The van der Waals surface area contributed by atoms with E-state index in [2.05, 4.69) is 31.9 Å². The van der Waals surface area contributed by atoms with Crippen molar-refractivity contribution in [2.45, 2.75) is 38.8 Å². The van der Waals surface area contributed by atoms with E-state index in [1.807, 2.05) is 0 Å². The maximum atomic E-state index is 10.1. The van der Waals surface area contributed by atoms with E-state index >= 15 is 0 Å². The standard InChI is InChI=1S/C17H24N2O2/c1-13(17(2)8-9-17)19(3)11-15(20)12-21-16-6-4-14(10-18)5-7-16/h4-7,13,15,20H,8-9,11-12H2,1-3H3/t13-,15-/m1/s1. The Morgan fingerprint density at radius 3 is 2.52 bits per heavy atom. The summed E-state index contributed by atoms with van der Waals surface area (Å²) in [5, 5.41) is 18.8. The second-order valence-electron chi connectivity index (χ2n) is 6.37. The normalized spacial score (nSPS) is 18.9. The number of ether oxygens (including phenoxy) is 1. The smallest absolute Gasteiger partial charge is 0.119 e. The van der Waals surface area contributed by atoms with Crippen molar-refractivity contribution >= 4 is 0 Å². The highest BCUT2D eigenvalue weighted by Crippen LogP contribution is 2.49. The first kappa shape index (κ1) is 15.8. The van der Waals surface area contributed by atoms with Gasteiger partial charge in [0.2, 0.25) is 0 Å². The van der Waals surface area contributed by atoms with Crippen molar-refractivity contribution in [1.29, 1.82) is 5.26 Å². The number of aliphatic hydroxyl groups is 1. The van der Waals surface area contributed by atoms with E-state index in [0.717, 1.165) is 0 Å². The lowest BCUT2D eigenvalue weighted by molar-refractivity contribution is 0.0540. The zero-order chi connectivity index (χ0) is 15.5. The van der Waals surface area contributed by atoms with Crippen LogP contribution < -0.4 is 4.74 Å². The molecule has 0 aromatic heterocycles. The van der Waals surface area contributed by atoms with Gasteiger partial charge in [-0.25, -0.2) is 0 Å². The van der Waals surface area contributed by atoms with E-state index in [0.29, 0.717) is 29.3 Å². The minimum Gasteiger partial charge on any atom is -0.491 e. The van der Waals surface area contributed by atoms with Crippen LogP contribution in [0.3, 0.4) is 0 Å². The summed E-state index contributed by atoms with van der Waals surface area (Å²) in [5.74, 6) is 0.679. The second-order valence-corrected chi connectivity index (χ2v) is 6.37. The number of aliphatic hydroxyl groups excluding tert-OH is 1. The summed E-state index contributed by atoms with van der Waals surface area (Å²) in [4.78, 5) is 2.21. The van der Waals surface area contributed by atoms with E-state index in [-0.39, 0.29) is 6.61 Å². The molecule has 114 valence electrons. The number of nitriles is 1. The van der Waals surface area contributed by atoms with Gasteiger partial charge in [-0.1, -0.05) is 6.92 Å². The maximum Gasteiger partial charge on any atom is 0.119 e. The number of likely N-dealkylation sites (N-methyl/N-ethyl adjacent to an activating group) is 1. The van der Waals surface area contributed by atoms with Crippen LogP contribution in [0.1, 0.15) is 32.3 Å². The summed E-state index contributed by atoms with van der Waals surface area (Å²) < 4.78 is 5.56. The van der Waals surface area contributed by atoms with Crippen molar-refractivity contribution in [2.24, 2.45) is 5.41 Å². The van der Waals surface area contributed by atoms with E-state index in [9.17, 15) is 5.11 Å². The average molecular weight is 288 g/mol. The van der Waals surface area contributed by atoms with Crippen molar-refractivity contribution in [3.8, 4) is 11.8 Å². The summed E-state index contributed by atoms with van der Waals surface area (Å²) in [7, 11) is 2.05. The molecule has 0 aliphatic heterocycles. The fraction of sp³-hybridized carbons (Fsp3) is 0.588. The molecule has 0 radical (unpaired) electrons. The third-order valence-corrected chi connectivity index (χ3v) is 4.63. The third kappa shape index (κ3) is 4.20. The molecule has 0 saturated heterocycles. The Hall–Kier alpha value is -1.57. The van der Waals surface area contributed by atoms with Gasteiger partial charge in [0.15, 0.2) is 0 Å². The van der Waals surface area contributed by atoms with E-state index in [1.54, 1.807) is 24.3 Å². The zero-order valence-corrected chi connectivity index (χ0v) is 13.0. The van der Waals surface area contributed by atoms with Gasteiger partial charge in [-0.05, 0) is 56.5 Å². The first-order valence-corrected chi connectivity index (χ1v) is 7.46. The molecule has 4 heteroatoms. The highest BCUT2D eigenvalue weighted by Gasteiger charge is 2.44. The first-order chi connectivity index (χ1) is 9.94. The molecule has 1 fully saturated rings. The molecule has 4 nitrogen and oxygen atoms in total. The minimum atomic E-state index is -0.518. The molecular weight excluding hydrogens is 264 g/mol. The van der Waals surface area contributed by atoms with Gasteiger partial charge >= 0.3 is 0 Å².